The highest BCUT2D eigenvalue weighted by molar-refractivity contribution is 6.69. The van der Waals surface area contributed by atoms with Crippen molar-refractivity contribution < 1.29 is 31.1 Å². The van der Waals surface area contributed by atoms with Crippen molar-refractivity contribution in [3.05, 3.63) is 41.7 Å². The second kappa shape index (κ2) is 6.83. The molecule has 0 saturated heterocycles. The van der Waals surface area contributed by atoms with Crippen LogP contribution < -0.4 is 0 Å². The van der Waals surface area contributed by atoms with Crippen LogP contribution in [0.2, 0.25) is 19.6 Å². The van der Waals surface area contributed by atoms with Gasteiger partial charge in [-0.3, -0.25) is 0 Å². The van der Waals surface area contributed by atoms with E-state index in [1.54, 1.807) is 19.6 Å². The van der Waals surface area contributed by atoms with Gasteiger partial charge in [0.15, 0.2) is 14.4 Å². The first-order valence-electron chi connectivity index (χ1n) is 7.52. The average molecular weight is 366 g/mol. The third-order valence-electron chi connectivity index (χ3n) is 3.50. The van der Waals surface area contributed by atoms with Crippen LogP contribution in [0.25, 0.3) is 5.57 Å². The zero-order valence-corrected chi connectivity index (χ0v) is 14.6. The summed E-state index contributed by atoms with van der Waals surface area (Å²) in [5, 5.41) is 0. The van der Waals surface area contributed by atoms with Crippen LogP contribution in [0.5, 0.6) is 0 Å². The molecule has 0 aliphatic carbocycles. The van der Waals surface area contributed by atoms with E-state index in [0.717, 1.165) is 18.4 Å². The molecule has 2 unspecified atom stereocenters. The predicted molar refractivity (Wildman–Crippen MR) is 82.7 cm³/mol. The molecule has 0 bridgehead atoms. The lowest BCUT2D eigenvalue weighted by molar-refractivity contribution is -0.225. The predicted octanol–water partition coefficient (Wildman–Crippen LogP) is 5.27. The molecule has 0 amide bonds. The molecule has 134 valence electrons. The summed E-state index contributed by atoms with van der Waals surface area (Å²) in [6, 6.07) is 3.08. The second-order valence-electron chi connectivity index (χ2n) is 6.67. The Labute approximate surface area is 138 Å². The maximum Gasteiger partial charge on any atom is 0.417 e. The molecule has 0 fully saturated rings. The quantitative estimate of drug-likeness (QED) is 0.534. The first-order chi connectivity index (χ1) is 11.0. The molecule has 8 heteroatoms. The molecule has 1 aromatic rings. The molecule has 2 atom stereocenters. The number of rotatable bonds is 4. The summed E-state index contributed by atoms with van der Waals surface area (Å²) in [7, 11) is -2.43. The lowest BCUT2D eigenvalue weighted by Crippen LogP contribution is -2.49. The van der Waals surface area contributed by atoms with Gasteiger partial charge in [-0.1, -0.05) is 0 Å². The van der Waals surface area contributed by atoms with Crippen LogP contribution >= 0.6 is 0 Å². The fourth-order valence-electron chi connectivity index (χ4n) is 2.50. The number of halogens is 5. The Kier molecular flexibility index (Phi) is 5.39. The van der Waals surface area contributed by atoms with E-state index in [9.17, 15) is 22.0 Å². The maximum atomic E-state index is 13.8. The van der Waals surface area contributed by atoms with Crippen molar-refractivity contribution in [3.63, 3.8) is 0 Å². The topological polar surface area (TPSA) is 18.5 Å². The molecular weight excluding hydrogens is 347 g/mol. The minimum absolute atomic E-state index is 0.0390. The molecule has 0 spiro atoms. The van der Waals surface area contributed by atoms with E-state index in [0.29, 0.717) is 5.57 Å². The van der Waals surface area contributed by atoms with Gasteiger partial charge >= 0.3 is 6.18 Å². The van der Waals surface area contributed by atoms with Gasteiger partial charge in [0.25, 0.3) is 0 Å². The first kappa shape index (κ1) is 18.9. The normalized spacial score (nSPS) is 20.3. The fraction of sp³-hybridized carbons (Fsp3) is 0.500. The van der Waals surface area contributed by atoms with Crippen molar-refractivity contribution in [3.8, 4) is 0 Å². The number of benzene rings is 1. The van der Waals surface area contributed by atoms with E-state index in [-0.39, 0.29) is 18.4 Å². The third kappa shape index (κ3) is 4.79. The summed E-state index contributed by atoms with van der Waals surface area (Å²) in [4.78, 5) is 0. The van der Waals surface area contributed by atoms with Gasteiger partial charge in [0.05, 0.1) is 6.26 Å². The van der Waals surface area contributed by atoms with Crippen molar-refractivity contribution in [2.45, 2.75) is 50.9 Å². The summed E-state index contributed by atoms with van der Waals surface area (Å²) in [6.07, 6.45) is -6.38. The third-order valence-corrected chi connectivity index (χ3v) is 4.46. The molecule has 1 aliphatic heterocycles. The number of allylic oxidation sites excluding steroid dienone is 1. The van der Waals surface area contributed by atoms with Crippen molar-refractivity contribution in [1.82, 2.24) is 0 Å². The Morgan fingerprint density at radius 1 is 1.21 bits per heavy atom. The van der Waals surface area contributed by atoms with Crippen molar-refractivity contribution in [1.29, 1.82) is 0 Å². The Morgan fingerprint density at radius 3 is 2.33 bits per heavy atom. The monoisotopic (exact) mass is 366 g/mol. The molecule has 1 aliphatic rings. The largest absolute Gasteiger partial charge is 0.495 e. The van der Waals surface area contributed by atoms with Gasteiger partial charge < -0.3 is 9.16 Å². The zero-order valence-electron chi connectivity index (χ0n) is 13.6. The van der Waals surface area contributed by atoms with E-state index in [2.05, 4.69) is 0 Å². The molecule has 2 rings (SSSR count). The van der Waals surface area contributed by atoms with E-state index in [4.69, 9.17) is 9.16 Å². The minimum atomic E-state index is -4.54. The molecule has 0 aromatic heterocycles. The van der Waals surface area contributed by atoms with Crippen LogP contribution in [0.1, 0.15) is 18.4 Å². The highest BCUT2D eigenvalue weighted by Gasteiger charge is 2.49. The van der Waals surface area contributed by atoms with E-state index in [1.807, 2.05) is 0 Å². The summed E-state index contributed by atoms with van der Waals surface area (Å²) in [5.74, 6) is -1.49. The summed E-state index contributed by atoms with van der Waals surface area (Å²) in [5.41, 5.74) is 0.530. The standard InChI is InChI=1S/C16H19F5O2Si/c1-24(2,3)23-15(16(19,20)21)14-7-4-10(9-22-14)12-6-5-11(17)8-13(12)18/h5-6,8-9,14-15H,4,7H2,1-3H3. The zero-order chi connectivity index (χ0) is 18.1. The second-order valence-corrected chi connectivity index (χ2v) is 11.1. The summed E-state index contributed by atoms with van der Waals surface area (Å²) < 4.78 is 77.0. The molecule has 1 aromatic carbocycles. The van der Waals surface area contributed by atoms with Crippen molar-refractivity contribution >= 4 is 13.9 Å². The van der Waals surface area contributed by atoms with Crippen molar-refractivity contribution in [2.24, 2.45) is 0 Å². The number of ether oxygens (including phenoxy) is 1. The van der Waals surface area contributed by atoms with Gasteiger partial charge in [0.2, 0.25) is 0 Å². The van der Waals surface area contributed by atoms with Gasteiger partial charge in [-0.25, -0.2) is 8.78 Å². The molecule has 0 saturated carbocycles. The Balaban J connectivity index is 2.18. The Bertz CT molecular complexity index is 622. The molecule has 2 nitrogen and oxygen atoms in total. The van der Waals surface area contributed by atoms with E-state index in [1.165, 1.54) is 6.07 Å². The van der Waals surface area contributed by atoms with Gasteiger partial charge in [-0.2, -0.15) is 13.2 Å². The van der Waals surface area contributed by atoms with Crippen LogP contribution in [0.15, 0.2) is 24.5 Å². The molecular formula is C16H19F5O2Si. The molecule has 24 heavy (non-hydrogen) atoms. The van der Waals surface area contributed by atoms with E-state index >= 15 is 0 Å². The van der Waals surface area contributed by atoms with Crippen LogP contribution in [0, 0.1) is 11.6 Å². The minimum Gasteiger partial charge on any atom is -0.495 e. The van der Waals surface area contributed by atoms with Gasteiger partial charge in [-0.15, -0.1) is 0 Å². The number of hydrogen-bond donors (Lipinski definition) is 0. The summed E-state index contributed by atoms with van der Waals surface area (Å²) in [6.45, 7) is 5.01. The molecule has 1 heterocycles. The maximum absolute atomic E-state index is 13.8. The van der Waals surface area contributed by atoms with Gasteiger partial charge in [0, 0.05) is 11.6 Å². The lowest BCUT2D eigenvalue weighted by Gasteiger charge is -2.35. The first-order valence-corrected chi connectivity index (χ1v) is 10.9. The van der Waals surface area contributed by atoms with Crippen LogP contribution in [0.3, 0.4) is 0 Å². The Hall–Kier alpha value is -1.41. The summed E-state index contributed by atoms with van der Waals surface area (Å²) >= 11 is 0. The highest BCUT2D eigenvalue weighted by Crippen LogP contribution is 2.36. The molecule has 0 N–H and O–H groups in total. The Morgan fingerprint density at radius 2 is 1.88 bits per heavy atom. The van der Waals surface area contributed by atoms with Crippen LogP contribution in [-0.4, -0.2) is 26.7 Å². The smallest absolute Gasteiger partial charge is 0.417 e. The van der Waals surface area contributed by atoms with Crippen molar-refractivity contribution in [2.75, 3.05) is 0 Å². The average Bonchev–Trinajstić information content (AvgIpc) is 2.43. The number of alkyl halides is 3. The number of hydrogen-bond acceptors (Lipinski definition) is 2. The lowest BCUT2D eigenvalue weighted by atomic mass is 9.96. The van der Waals surface area contributed by atoms with E-state index < -0.39 is 38.3 Å². The SMILES string of the molecule is C[Si](C)(C)OC(C1CCC(c2ccc(F)cc2F)=CO1)C(F)(F)F. The van der Waals surface area contributed by atoms with Gasteiger partial charge in [0.1, 0.15) is 17.7 Å². The van der Waals surface area contributed by atoms with Crippen LogP contribution in [-0.2, 0) is 9.16 Å². The molecule has 0 radical (unpaired) electrons. The highest BCUT2D eigenvalue weighted by atomic mass is 28.4. The van der Waals surface area contributed by atoms with Gasteiger partial charge in [-0.05, 0) is 50.2 Å². The van der Waals surface area contributed by atoms with Crippen LogP contribution in [0.4, 0.5) is 22.0 Å². The fourth-order valence-corrected chi connectivity index (χ4v) is 3.55.